The van der Waals surface area contributed by atoms with Crippen molar-refractivity contribution in [2.75, 3.05) is 4.90 Å². The first-order chi connectivity index (χ1) is 15.1. The van der Waals surface area contributed by atoms with E-state index in [1.165, 1.54) is 16.5 Å². The maximum atomic E-state index is 13.9. The van der Waals surface area contributed by atoms with Crippen LogP contribution in [0.3, 0.4) is 0 Å². The van der Waals surface area contributed by atoms with Crippen LogP contribution in [0.15, 0.2) is 36.4 Å². The maximum Gasteiger partial charge on any atom is 0.416 e. The van der Waals surface area contributed by atoms with Crippen LogP contribution in [0.25, 0.3) is 0 Å². The van der Waals surface area contributed by atoms with Crippen molar-refractivity contribution in [2.45, 2.75) is 76.7 Å². The second-order valence-electron chi connectivity index (χ2n) is 10.2. The van der Waals surface area contributed by atoms with Crippen molar-refractivity contribution in [1.82, 2.24) is 5.32 Å². The zero-order valence-corrected chi connectivity index (χ0v) is 18.6. The number of carbonyl (C=O) groups is 1. The Balaban J connectivity index is 1.45. The van der Waals surface area contributed by atoms with Crippen molar-refractivity contribution in [3.8, 4) is 0 Å². The minimum atomic E-state index is -4.50. The maximum absolute atomic E-state index is 13.9. The molecule has 2 fully saturated rings. The van der Waals surface area contributed by atoms with Crippen molar-refractivity contribution < 1.29 is 18.0 Å². The minimum absolute atomic E-state index is 0.0209. The number of nitrogens with one attached hydrogen (secondary N) is 1. The molecule has 2 aromatic carbocycles. The Hall–Kier alpha value is -2.34. The second-order valence-corrected chi connectivity index (χ2v) is 10.2. The summed E-state index contributed by atoms with van der Waals surface area (Å²) in [6.45, 7) is 4.60. The fraction of sp³-hybridized carbons (Fsp3) is 0.500. The highest BCUT2D eigenvalue weighted by Crippen LogP contribution is 2.43. The van der Waals surface area contributed by atoms with Gasteiger partial charge < -0.3 is 10.2 Å². The van der Waals surface area contributed by atoms with E-state index in [9.17, 15) is 18.0 Å². The molecule has 2 aliphatic carbocycles. The lowest BCUT2D eigenvalue weighted by atomic mass is 9.72. The van der Waals surface area contributed by atoms with Crippen molar-refractivity contribution in [3.05, 3.63) is 64.2 Å². The summed E-state index contributed by atoms with van der Waals surface area (Å²) in [5.74, 6) is 0.826. The fourth-order valence-electron chi connectivity index (χ4n) is 5.35. The van der Waals surface area contributed by atoms with Gasteiger partial charge in [0.1, 0.15) is 0 Å². The lowest BCUT2D eigenvalue weighted by molar-refractivity contribution is -0.138. The Morgan fingerprint density at radius 3 is 2.53 bits per heavy atom. The molecule has 6 heteroatoms. The third kappa shape index (κ3) is 3.83. The van der Waals surface area contributed by atoms with Gasteiger partial charge in [0.25, 0.3) is 5.91 Å². The number of nitrogens with zero attached hydrogens (tertiary/aromatic N) is 1. The third-order valence-electron chi connectivity index (χ3n) is 7.61. The molecule has 3 aliphatic rings. The normalized spacial score (nSPS) is 24.2. The first-order valence-corrected chi connectivity index (χ1v) is 11.5. The highest BCUT2D eigenvalue weighted by atomic mass is 19.4. The molecule has 2 saturated carbocycles. The summed E-state index contributed by atoms with van der Waals surface area (Å²) in [5.41, 5.74) is 1.91. The standard InChI is InChI=1S/C26H29F3N2O/c1-16-9-19(10-16)18-5-3-6-20(13-18)31-15-22-21(24(31)32)11-17(12-23(22)26(27,28)29)14-30-25(2)7-4-8-25/h3,5-6,11-13,16,19,30H,4,7-10,14-15H2,1-2H3. The average Bonchev–Trinajstić information content (AvgIpc) is 3.04. The molecule has 0 bridgehead atoms. The fourth-order valence-corrected chi connectivity index (χ4v) is 5.35. The lowest BCUT2D eigenvalue weighted by Crippen LogP contribution is -2.47. The van der Waals surface area contributed by atoms with Gasteiger partial charge in [-0.05, 0) is 91.8 Å². The van der Waals surface area contributed by atoms with Gasteiger partial charge in [0, 0.05) is 23.3 Å². The molecule has 0 unspecified atom stereocenters. The monoisotopic (exact) mass is 442 g/mol. The van der Waals surface area contributed by atoms with Crippen molar-refractivity contribution in [2.24, 2.45) is 5.92 Å². The number of amides is 1. The number of halogens is 3. The van der Waals surface area contributed by atoms with E-state index >= 15 is 0 Å². The predicted octanol–water partition coefficient (Wildman–Crippen LogP) is 6.41. The highest BCUT2D eigenvalue weighted by Gasteiger charge is 2.41. The van der Waals surface area contributed by atoms with Crippen LogP contribution in [-0.4, -0.2) is 11.4 Å². The largest absolute Gasteiger partial charge is 0.416 e. The molecule has 5 rings (SSSR count). The van der Waals surface area contributed by atoms with E-state index in [0.29, 0.717) is 29.6 Å². The molecule has 0 aromatic heterocycles. The quantitative estimate of drug-likeness (QED) is 0.580. The molecule has 32 heavy (non-hydrogen) atoms. The van der Waals surface area contributed by atoms with Crippen LogP contribution in [0.1, 0.15) is 84.5 Å². The zero-order chi connectivity index (χ0) is 22.7. The van der Waals surface area contributed by atoms with E-state index in [1.54, 1.807) is 6.07 Å². The smallest absolute Gasteiger partial charge is 0.307 e. The van der Waals surface area contributed by atoms with Gasteiger partial charge in [0.15, 0.2) is 0 Å². The molecule has 170 valence electrons. The number of hydrogen-bond acceptors (Lipinski definition) is 2. The average molecular weight is 443 g/mol. The van der Waals surface area contributed by atoms with Gasteiger partial charge in [0.05, 0.1) is 12.1 Å². The first-order valence-electron chi connectivity index (χ1n) is 11.5. The van der Waals surface area contributed by atoms with Crippen LogP contribution < -0.4 is 10.2 Å². The van der Waals surface area contributed by atoms with E-state index in [2.05, 4.69) is 25.2 Å². The molecule has 0 atom stereocenters. The van der Waals surface area contributed by atoms with E-state index in [1.807, 2.05) is 18.2 Å². The van der Waals surface area contributed by atoms with Crippen LogP contribution in [0.2, 0.25) is 0 Å². The number of rotatable bonds is 5. The number of hydrogen-bond donors (Lipinski definition) is 1. The predicted molar refractivity (Wildman–Crippen MR) is 119 cm³/mol. The summed E-state index contributed by atoms with van der Waals surface area (Å²) >= 11 is 0. The van der Waals surface area contributed by atoms with Gasteiger partial charge in [-0.2, -0.15) is 13.2 Å². The molecule has 1 heterocycles. The Bertz CT molecular complexity index is 1050. The lowest BCUT2D eigenvalue weighted by Gasteiger charge is -2.39. The van der Waals surface area contributed by atoms with Gasteiger partial charge in [-0.25, -0.2) is 0 Å². The summed E-state index contributed by atoms with van der Waals surface area (Å²) in [4.78, 5) is 14.7. The molecule has 0 radical (unpaired) electrons. The van der Waals surface area contributed by atoms with E-state index in [4.69, 9.17) is 0 Å². The Morgan fingerprint density at radius 2 is 1.91 bits per heavy atom. The molecule has 3 nitrogen and oxygen atoms in total. The number of alkyl halides is 3. The Labute approximate surface area is 187 Å². The summed E-state index contributed by atoms with van der Waals surface area (Å²) < 4.78 is 41.8. The summed E-state index contributed by atoms with van der Waals surface area (Å²) in [6.07, 6.45) is 0.907. The molecule has 0 saturated heterocycles. The molecule has 0 spiro atoms. The molecule has 2 aromatic rings. The summed E-state index contributed by atoms with van der Waals surface area (Å²) in [6, 6.07) is 10.6. The van der Waals surface area contributed by atoms with Gasteiger partial charge >= 0.3 is 6.18 Å². The number of anilines is 1. The highest BCUT2D eigenvalue weighted by molar-refractivity contribution is 6.10. The molecule has 1 aliphatic heterocycles. The summed E-state index contributed by atoms with van der Waals surface area (Å²) in [7, 11) is 0. The topological polar surface area (TPSA) is 32.3 Å². The summed E-state index contributed by atoms with van der Waals surface area (Å²) in [5, 5.41) is 3.38. The van der Waals surface area contributed by atoms with Crippen LogP contribution in [-0.2, 0) is 19.3 Å². The Morgan fingerprint density at radius 1 is 1.16 bits per heavy atom. The molecular formula is C26H29F3N2O. The van der Waals surface area contributed by atoms with Crippen LogP contribution in [0.5, 0.6) is 0 Å². The number of carbonyl (C=O) groups excluding carboxylic acids is 1. The Kier molecular flexibility index (Phi) is 5.12. The van der Waals surface area contributed by atoms with Crippen LogP contribution in [0.4, 0.5) is 18.9 Å². The molecule has 1 N–H and O–H groups in total. The van der Waals surface area contributed by atoms with Crippen LogP contribution in [0, 0.1) is 5.92 Å². The SMILES string of the molecule is CC1CC(c2cccc(N3Cc4c(cc(CNC5(C)CCC5)cc4C(F)(F)F)C3=O)c2)C1. The van der Waals surface area contributed by atoms with Gasteiger partial charge in [-0.15, -0.1) is 0 Å². The van der Waals surface area contributed by atoms with E-state index in [-0.39, 0.29) is 29.1 Å². The molecule has 1 amide bonds. The first kappa shape index (κ1) is 21.5. The van der Waals surface area contributed by atoms with Crippen molar-refractivity contribution in [1.29, 1.82) is 0 Å². The van der Waals surface area contributed by atoms with Gasteiger partial charge in [0.2, 0.25) is 0 Å². The van der Waals surface area contributed by atoms with Crippen molar-refractivity contribution >= 4 is 11.6 Å². The zero-order valence-electron chi connectivity index (χ0n) is 18.6. The minimum Gasteiger partial charge on any atom is -0.307 e. The third-order valence-corrected chi connectivity index (χ3v) is 7.61. The number of benzene rings is 2. The van der Waals surface area contributed by atoms with Crippen molar-refractivity contribution in [3.63, 3.8) is 0 Å². The molecular weight excluding hydrogens is 413 g/mol. The second kappa shape index (κ2) is 7.62. The number of fused-ring (bicyclic) bond motifs is 1. The van der Waals surface area contributed by atoms with Gasteiger partial charge in [-0.1, -0.05) is 19.1 Å². The van der Waals surface area contributed by atoms with Crippen LogP contribution >= 0.6 is 0 Å². The van der Waals surface area contributed by atoms with E-state index in [0.717, 1.165) is 32.1 Å². The van der Waals surface area contributed by atoms with Gasteiger partial charge in [-0.3, -0.25) is 4.79 Å². The van der Waals surface area contributed by atoms with E-state index < -0.39 is 11.7 Å².